The summed E-state index contributed by atoms with van der Waals surface area (Å²) >= 11 is 0. The first-order chi connectivity index (χ1) is 6.92. The van der Waals surface area contributed by atoms with Crippen LogP contribution in [0.5, 0.6) is 0 Å². The maximum atomic E-state index is 2.86. The summed E-state index contributed by atoms with van der Waals surface area (Å²) in [6.45, 7) is 3.73. The van der Waals surface area contributed by atoms with Crippen LogP contribution in [-0.4, -0.2) is 23.5 Å². The van der Waals surface area contributed by atoms with Crippen LogP contribution in [0.15, 0.2) is 0 Å². The Morgan fingerprint density at radius 2 is 1.71 bits per heavy atom. The monoisotopic (exact) mass is 195 g/mol. The van der Waals surface area contributed by atoms with Gasteiger partial charge in [-0.1, -0.05) is 32.6 Å². The Bertz CT molecular complexity index is 159. The van der Waals surface area contributed by atoms with Crippen LogP contribution < -0.4 is 0 Å². The first-order valence-corrected chi connectivity index (χ1v) is 6.67. The van der Waals surface area contributed by atoms with E-state index in [0.29, 0.717) is 0 Å². The van der Waals surface area contributed by atoms with Crippen molar-refractivity contribution in [1.82, 2.24) is 4.90 Å². The van der Waals surface area contributed by atoms with Gasteiger partial charge in [0.05, 0.1) is 0 Å². The first-order valence-electron chi connectivity index (χ1n) is 6.67. The van der Waals surface area contributed by atoms with E-state index >= 15 is 0 Å². The van der Waals surface area contributed by atoms with E-state index in [2.05, 4.69) is 11.8 Å². The molecule has 1 aliphatic carbocycles. The van der Waals surface area contributed by atoms with Crippen molar-refractivity contribution in [2.24, 2.45) is 0 Å². The molecule has 0 radical (unpaired) electrons. The smallest absolute Gasteiger partial charge is 0.00981 e. The van der Waals surface area contributed by atoms with E-state index in [1.807, 2.05) is 0 Å². The zero-order valence-corrected chi connectivity index (χ0v) is 9.67. The van der Waals surface area contributed by atoms with Gasteiger partial charge in [-0.15, -0.1) is 0 Å². The van der Waals surface area contributed by atoms with E-state index in [1.54, 1.807) is 0 Å². The predicted octanol–water partition coefficient (Wildman–Crippen LogP) is 3.58. The summed E-state index contributed by atoms with van der Waals surface area (Å²) in [5, 5.41) is 0. The molecule has 0 spiro atoms. The summed E-state index contributed by atoms with van der Waals surface area (Å²) < 4.78 is 0. The second kappa shape index (κ2) is 5.16. The predicted molar refractivity (Wildman–Crippen MR) is 61.5 cm³/mol. The summed E-state index contributed by atoms with van der Waals surface area (Å²) in [6, 6.07) is 1.91. The number of rotatable bonds is 3. The average molecular weight is 195 g/mol. The van der Waals surface area contributed by atoms with Crippen LogP contribution in [0.25, 0.3) is 0 Å². The van der Waals surface area contributed by atoms with E-state index in [-0.39, 0.29) is 0 Å². The van der Waals surface area contributed by atoms with Gasteiger partial charge in [-0.2, -0.15) is 0 Å². The normalized spacial score (nSPS) is 31.1. The van der Waals surface area contributed by atoms with Gasteiger partial charge >= 0.3 is 0 Å². The van der Waals surface area contributed by atoms with Crippen LogP contribution in [0.4, 0.5) is 0 Å². The minimum absolute atomic E-state index is 0.942. The average Bonchev–Trinajstić information content (AvgIpc) is 2.72. The lowest BCUT2D eigenvalue weighted by Gasteiger charge is -2.40. The molecule has 0 aromatic heterocycles. The van der Waals surface area contributed by atoms with Crippen LogP contribution >= 0.6 is 0 Å². The fourth-order valence-electron chi connectivity index (χ4n) is 3.38. The molecule has 82 valence electrons. The molecule has 1 nitrogen and oxygen atoms in total. The Labute approximate surface area is 88.9 Å². The summed E-state index contributed by atoms with van der Waals surface area (Å²) in [5.41, 5.74) is 0. The van der Waals surface area contributed by atoms with Gasteiger partial charge < -0.3 is 0 Å². The molecule has 1 aliphatic heterocycles. The van der Waals surface area contributed by atoms with Gasteiger partial charge in [0.1, 0.15) is 0 Å². The van der Waals surface area contributed by atoms with Gasteiger partial charge in [0.2, 0.25) is 0 Å². The second-order valence-corrected chi connectivity index (χ2v) is 5.11. The molecule has 2 rings (SSSR count). The third-order valence-corrected chi connectivity index (χ3v) is 4.09. The fourth-order valence-corrected chi connectivity index (χ4v) is 3.38. The van der Waals surface area contributed by atoms with Crippen LogP contribution in [-0.2, 0) is 0 Å². The van der Waals surface area contributed by atoms with Crippen molar-refractivity contribution in [3.05, 3.63) is 0 Å². The third-order valence-electron chi connectivity index (χ3n) is 4.09. The lowest BCUT2D eigenvalue weighted by molar-refractivity contribution is 0.0907. The van der Waals surface area contributed by atoms with Crippen LogP contribution in [0, 0.1) is 0 Å². The number of nitrogens with zero attached hydrogens (tertiary/aromatic N) is 1. The Morgan fingerprint density at radius 1 is 1.00 bits per heavy atom. The maximum Gasteiger partial charge on any atom is 0.00981 e. The molecule has 2 fully saturated rings. The first kappa shape index (κ1) is 10.5. The summed E-state index contributed by atoms with van der Waals surface area (Å²) in [5.74, 6) is 0. The second-order valence-electron chi connectivity index (χ2n) is 5.11. The van der Waals surface area contributed by atoms with Crippen molar-refractivity contribution in [1.29, 1.82) is 0 Å². The van der Waals surface area contributed by atoms with Gasteiger partial charge in [0.15, 0.2) is 0 Å². The topological polar surface area (TPSA) is 3.24 Å². The Hall–Kier alpha value is -0.0400. The molecule has 0 amide bonds. The van der Waals surface area contributed by atoms with Crippen molar-refractivity contribution < 1.29 is 0 Å². The standard InChI is InChI=1S/C13H25N/c1-2-7-12-10-5-6-11-14(12)13-8-3-4-9-13/h12-13H,2-11H2,1H3/t12-/m0/s1. The highest BCUT2D eigenvalue weighted by molar-refractivity contribution is 4.85. The largest absolute Gasteiger partial charge is 0.297 e. The highest BCUT2D eigenvalue weighted by Gasteiger charge is 2.29. The fraction of sp³-hybridized carbons (Fsp3) is 1.00. The molecular formula is C13H25N. The lowest BCUT2D eigenvalue weighted by atomic mass is 9.96. The Balaban J connectivity index is 1.91. The van der Waals surface area contributed by atoms with E-state index in [4.69, 9.17) is 0 Å². The van der Waals surface area contributed by atoms with E-state index in [1.165, 1.54) is 64.3 Å². The Kier molecular flexibility index (Phi) is 3.86. The molecule has 0 bridgehead atoms. The third kappa shape index (κ3) is 2.31. The molecule has 1 saturated heterocycles. The molecule has 1 atom stereocenters. The number of hydrogen-bond acceptors (Lipinski definition) is 1. The molecule has 2 aliphatic rings. The van der Waals surface area contributed by atoms with Crippen LogP contribution in [0.3, 0.4) is 0 Å². The van der Waals surface area contributed by atoms with Crippen molar-refractivity contribution in [2.75, 3.05) is 6.54 Å². The molecule has 0 aromatic rings. The van der Waals surface area contributed by atoms with Crippen molar-refractivity contribution in [2.45, 2.75) is 76.8 Å². The minimum Gasteiger partial charge on any atom is -0.297 e. The van der Waals surface area contributed by atoms with Gasteiger partial charge in [0, 0.05) is 12.1 Å². The quantitative estimate of drug-likeness (QED) is 0.665. The molecule has 0 N–H and O–H groups in total. The number of likely N-dealkylation sites (tertiary alicyclic amines) is 1. The molecule has 14 heavy (non-hydrogen) atoms. The van der Waals surface area contributed by atoms with Crippen molar-refractivity contribution in [3.63, 3.8) is 0 Å². The van der Waals surface area contributed by atoms with Crippen molar-refractivity contribution in [3.8, 4) is 0 Å². The molecular weight excluding hydrogens is 170 g/mol. The summed E-state index contributed by atoms with van der Waals surface area (Å²) in [7, 11) is 0. The van der Waals surface area contributed by atoms with E-state index in [9.17, 15) is 0 Å². The highest BCUT2D eigenvalue weighted by atomic mass is 15.2. The van der Waals surface area contributed by atoms with Gasteiger partial charge in [-0.25, -0.2) is 0 Å². The highest BCUT2D eigenvalue weighted by Crippen LogP contribution is 2.30. The SMILES string of the molecule is CCC[C@H]1CCCCN1C1CCCC1. The summed E-state index contributed by atoms with van der Waals surface area (Å²) in [4.78, 5) is 2.86. The van der Waals surface area contributed by atoms with Gasteiger partial charge in [-0.3, -0.25) is 4.90 Å². The number of hydrogen-bond donors (Lipinski definition) is 0. The molecule has 1 heteroatoms. The van der Waals surface area contributed by atoms with Crippen molar-refractivity contribution >= 4 is 0 Å². The zero-order chi connectivity index (χ0) is 9.80. The molecule has 1 heterocycles. The molecule has 0 aromatic carbocycles. The molecule has 0 unspecified atom stereocenters. The summed E-state index contributed by atoms with van der Waals surface area (Å²) in [6.07, 6.45) is 13.2. The van der Waals surface area contributed by atoms with E-state index < -0.39 is 0 Å². The van der Waals surface area contributed by atoms with Gasteiger partial charge in [-0.05, 0) is 38.6 Å². The minimum atomic E-state index is 0.942. The van der Waals surface area contributed by atoms with E-state index in [0.717, 1.165) is 12.1 Å². The zero-order valence-electron chi connectivity index (χ0n) is 9.67. The Morgan fingerprint density at radius 3 is 2.43 bits per heavy atom. The number of piperidine rings is 1. The van der Waals surface area contributed by atoms with Crippen LogP contribution in [0.1, 0.15) is 64.7 Å². The lowest BCUT2D eigenvalue weighted by Crippen LogP contribution is -2.45. The maximum absolute atomic E-state index is 2.86. The van der Waals surface area contributed by atoms with Gasteiger partial charge in [0.25, 0.3) is 0 Å². The molecule has 1 saturated carbocycles. The van der Waals surface area contributed by atoms with Crippen LogP contribution in [0.2, 0.25) is 0 Å².